The maximum atomic E-state index is 6.60. The summed E-state index contributed by atoms with van der Waals surface area (Å²) >= 11 is 6.60. The van der Waals surface area contributed by atoms with E-state index in [2.05, 4.69) is 4.68 Å². The van der Waals surface area contributed by atoms with Gasteiger partial charge >= 0.3 is 0 Å². The van der Waals surface area contributed by atoms with Crippen LogP contribution < -0.4 is 0 Å². The van der Waals surface area contributed by atoms with E-state index in [1.54, 1.807) is 0 Å². The third-order valence-electron chi connectivity index (χ3n) is 4.54. The summed E-state index contributed by atoms with van der Waals surface area (Å²) < 4.78 is 2.17. The highest BCUT2D eigenvalue weighted by Crippen LogP contribution is 2.34. The van der Waals surface area contributed by atoms with Crippen molar-refractivity contribution >= 4 is 11.6 Å². The molecule has 0 spiro atoms. The van der Waals surface area contributed by atoms with Crippen molar-refractivity contribution in [2.24, 2.45) is 0 Å². The van der Waals surface area contributed by atoms with Gasteiger partial charge in [-0.25, -0.2) is 0 Å². The Balaban J connectivity index is 1.87. The maximum absolute atomic E-state index is 6.60. The van der Waals surface area contributed by atoms with Crippen molar-refractivity contribution in [3.05, 3.63) is 16.4 Å². The highest BCUT2D eigenvalue weighted by atomic mass is 35.5. The molecule has 18 heavy (non-hydrogen) atoms. The van der Waals surface area contributed by atoms with Gasteiger partial charge in [-0.05, 0) is 38.5 Å². The van der Waals surface area contributed by atoms with Crippen LogP contribution in [0, 0.1) is 0 Å². The van der Waals surface area contributed by atoms with Gasteiger partial charge in [0.15, 0.2) is 0 Å². The molecule has 1 aromatic heterocycles. The summed E-state index contributed by atoms with van der Waals surface area (Å²) in [5, 5.41) is 5.82. The van der Waals surface area contributed by atoms with E-state index in [-0.39, 0.29) is 0 Å². The van der Waals surface area contributed by atoms with Crippen molar-refractivity contribution < 1.29 is 0 Å². The largest absolute Gasteiger partial charge is 0.250 e. The van der Waals surface area contributed by atoms with Crippen LogP contribution in [0.4, 0.5) is 0 Å². The quantitative estimate of drug-likeness (QED) is 0.532. The summed E-state index contributed by atoms with van der Waals surface area (Å²) in [4.78, 5) is 0. The number of aromatic nitrogens is 2. The Hall–Kier alpha value is -0.500. The minimum absolute atomic E-state index is 0.562. The predicted octanol–water partition coefficient (Wildman–Crippen LogP) is 4.70. The van der Waals surface area contributed by atoms with E-state index < -0.39 is 0 Å². The third-order valence-corrected chi connectivity index (χ3v) is 4.94. The van der Waals surface area contributed by atoms with Gasteiger partial charge in [-0.1, -0.05) is 43.7 Å². The van der Waals surface area contributed by atoms with E-state index in [1.165, 1.54) is 69.0 Å². The van der Waals surface area contributed by atoms with E-state index in [9.17, 15) is 0 Å². The summed E-state index contributed by atoms with van der Waals surface area (Å²) in [6.45, 7) is 0. The van der Waals surface area contributed by atoms with Gasteiger partial charge in [0.05, 0.1) is 11.7 Å². The smallest absolute Gasteiger partial charge is 0.130 e. The first kappa shape index (κ1) is 12.5. The van der Waals surface area contributed by atoms with Crippen LogP contribution in [-0.2, 0) is 12.8 Å². The zero-order valence-corrected chi connectivity index (χ0v) is 11.9. The van der Waals surface area contributed by atoms with Gasteiger partial charge in [0.2, 0.25) is 0 Å². The van der Waals surface area contributed by atoms with Crippen LogP contribution in [0.1, 0.15) is 75.1 Å². The fourth-order valence-electron chi connectivity index (χ4n) is 3.46. The molecule has 0 bridgehead atoms. The lowest BCUT2D eigenvalue weighted by molar-refractivity contribution is 0.402. The molecule has 0 aliphatic heterocycles. The van der Waals surface area contributed by atoms with E-state index in [1.807, 2.05) is 0 Å². The van der Waals surface area contributed by atoms with Crippen LogP contribution in [-0.4, -0.2) is 9.78 Å². The van der Waals surface area contributed by atoms with Gasteiger partial charge in [-0.3, -0.25) is 4.68 Å². The second kappa shape index (κ2) is 5.64. The summed E-state index contributed by atoms with van der Waals surface area (Å²) in [6, 6.07) is 0.562. The average molecular weight is 267 g/mol. The van der Waals surface area contributed by atoms with Crippen LogP contribution in [0.3, 0.4) is 0 Å². The molecular formula is C15H23ClN2. The van der Waals surface area contributed by atoms with E-state index in [0.717, 1.165) is 18.0 Å². The second-order valence-electron chi connectivity index (χ2n) is 5.87. The molecular weight excluding hydrogens is 244 g/mol. The number of aryl methyl sites for hydroxylation is 1. The Labute approximate surface area is 115 Å². The van der Waals surface area contributed by atoms with Gasteiger partial charge in [-0.2, -0.15) is 5.10 Å². The average Bonchev–Trinajstić information content (AvgIpc) is 2.66. The van der Waals surface area contributed by atoms with Crippen molar-refractivity contribution in [3.8, 4) is 0 Å². The van der Waals surface area contributed by atoms with E-state index in [4.69, 9.17) is 16.7 Å². The van der Waals surface area contributed by atoms with Crippen LogP contribution in [0.5, 0.6) is 0 Å². The Morgan fingerprint density at radius 1 is 0.889 bits per heavy atom. The van der Waals surface area contributed by atoms with Crippen LogP contribution in [0.25, 0.3) is 0 Å². The lowest BCUT2D eigenvalue weighted by Gasteiger charge is -2.16. The molecule has 2 nitrogen and oxygen atoms in total. The van der Waals surface area contributed by atoms with Crippen LogP contribution in [0.15, 0.2) is 0 Å². The predicted molar refractivity (Wildman–Crippen MR) is 75.2 cm³/mol. The SMILES string of the molecule is Clc1c2c(nn1C1CCCCCC1)CCCCC2. The van der Waals surface area contributed by atoms with Gasteiger partial charge in [0.25, 0.3) is 0 Å². The molecule has 3 rings (SSSR count). The second-order valence-corrected chi connectivity index (χ2v) is 6.22. The van der Waals surface area contributed by atoms with Gasteiger partial charge in [0.1, 0.15) is 5.15 Å². The van der Waals surface area contributed by atoms with Crippen molar-refractivity contribution in [2.45, 2.75) is 76.7 Å². The molecule has 0 N–H and O–H groups in total. The number of rotatable bonds is 1. The Morgan fingerprint density at radius 3 is 2.33 bits per heavy atom. The molecule has 1 aromatic rings. The third kappa shape index (κ3) is 2.45. The first-order chi connectivity index (χ1) is 8.86. The van der Waals surface area contributed by atoms with Crippen LogP contribution in [0.2, 0.25) is 5.15 Å². The molecule has 2 aliphatic rings. The first-order valence-electron chi connectivity index (χ1n) is 7.62. The molecule has 1 saturated carbocycles. The number of fused-ring (bicyclic) bond motifs is 1. The van der Waals surface area contributed by atoms with Gasteiger partial charge < -0.3 is 0 Å². The lowest BCUT2D eigenvalue weighted by Crippen LogP contribution is -2.10. The molecule has 0 amide bonds. The van der Waals surface area contributed by atoms with E-state index in [0.29, 0.717) is 6.04 Å². The zero-order valence-electron chi connectivity index (χ0n) is 11.1. The van der Waals surface area contributed by atoms with Crippen molar-refractivity contribution in [1.29, 1.82) is 0 Å². The Kier molecular flexibility index (Phi) is 3.93. The number of nitrogens with zero attached hydrogens (tertiary/aromatic N) is 2. The molecule has 0 aromatic carbocycles. The fraction of sp³-hybridized carbons (Fsp3) is 0.800. The van der Waals surface area contributed by atoms with Crippen LogP contribution >= 0.6 is 11.6 Å². The lowest BCUT2D eigenvalue weighted by atomic mass is 10.1. The number of hydrogen-bond donors (Lipinski definition) is 0. The molecule has 100 valence electrons. The molecule has 0 unspecified atom stereocenters. The fourth-order valence-corrected chi connectivity index (χ4v) is 3.83. The monoisotopic (exact) mass is 266 g/mol. The van der Waals surface area contributed by atoms with Crippen molar-refractivity contribution in [2.75, 3.05) is 0 Å². The molecule has 0 radical (unpaired) electrons. The molecule has 2 aliphatic carbocycles. The summed E-state index contributed by atoms with van der Waals surface area (Å²) in [5.74, 6) is 0. The molecule has 3 heteroatoms. The normalized spacial score (nSPS) is 22.3. The molecule has 0 saturated heterocycles. The maximum Gasteiger partial charge on any atom is 0.130 e. The molecule has 1 heterocycles. The Bertz CT molecular complexity index is 403. The minimum atomic E-state index is 0.562. The van der Waals surface area contributed by atoms with Gasteiger partial charge in [-0.15, -0.1) is 0 Å². The minimum Gasteiger partial charge on any atom is -0.250 e. The topological polar surface area (TPSA) is 17.8 Å². The zero-order chi connectivity index (χ0) is 12.4. The summed E-state index contributed by atoms with van der Waals surface area (Å²) in [6.07, 6.45) is 14.1. The summed E-state index contributed by atoms with van der Waals surface area (Å²) in [7, 11) is 0. The molecule has 1 fully saturated rings. The van der Waals surface area contributed by atoms with Crippen molar-refractivity contribution in [1.82, 2.24) is 9.78 Å². The number of halogens is 1. The summed E-state index contributed by atoms with van der Waals surface area (Å²) in [5.41, 5.74) is 2.65. The Morgan fingerprint density at radius 2 is 1.56 bits per heavy atom. The standard InChI is InChI=1S/C15H23ClN2/c16-15-13-10-6-3-7-11-14(13)17-18(15)12-8-4-1-2-5-9-12/h12H,1-11H2. The highest BCUT2D eigenvalue weighted by molar-refractivity contribution is 6.30. The van der Waals surface area contributed by atoms with Gasteiger partial charge in [0, 0.05) is 5.56 Å². The van der Waals surface area contributed by atoms with E-state index >= 15 is 0 Å². The molecule has 0 atom stereocenters. The first-order valence-corrected chi connectivity index (χ1v) is 8.00. The number of hydrogen-bond acceptors (Lipinski definition) is 1. The van der Waals surface area contributed by atoms with Crippen molar-refractivity contribution in [3.63, 3.8) is 0 Å². The highest BCUT2D eigenvalue weighted by Gasteiger charge is 2.23.